The normalized spacial score (nSPS) is 17.1. The van der Waals surface area contributed by atoms with Crippen LogP contribution < -0.4 is 10.6 Å². The van der Waals surface area contributed by atoms with E-state index in [0.29, 0.717) is 30.8 Å². The summed E-state index contributed by atoms with van der Waals surface area (Å²) in [5.74, 6) is -0.871. The van der Waals surface area contributed by atoms with Crippen LogP contribution >= 0.6 is 0 Å². The molecule has 0 aliphatic carbocycles. The molecule has 32 heavy (non-hydrogen) atoms. The van der Waals surface area contributed by atoms with E-state index in [2.05, 4.69) is 15.6 Å². The number of benzene rings is 2. The first-order chi connectivity index (χ1) is 15.3. The minimum Gasteiger partial charge on any atom is -0.326 e. The number of piperidine rings is 1. The molecule has 0 saturated carbocycles. The van der Waals surface area contributed by atoms with Gasteiger partial charge in [0.15, 0.2) is 0 Å². The van der Waals surface area contributed by atoms with E-state index in [0.717, 1.165) is 10.9 Å². The van der Waals surface area contributed by atoms with Gasteiger partial charge >= 0.3 is 0 Å². The highest BCUT2D eigenvalue weighted by Gasteiger charge is 2.33. The molecule has 166 valence electrons. The Bertz CT molecular complexity index is 1260. The average molecular weight is 453 g/mol. The van der Waals surface area contributed by atoms with Crippen molar-refractivity contribution < 1.29 is 18.0 Å². The van der Waals surface area contributed by atoms with E-state index >= 15 is 0 Å². The third kappa shape index (κ3) is 4.79. The molecule has 4 rings (SSSR count). The van der Waals surface area contributed by atoms with E-state index in [1.165, 1.54) is 23.4 Å². The van der Waals surface area contributed by atoms with Crippen LogP contribution in [0.15, 0.2) is 65.7 Å². The SMILES string of the molecule is CC(=O)Nc1ccc(S(=O)(=O)N2CCCC(C(=O)Nc3ccc4ncccc4c3)C2)cc1. The molecule has 9 heteroatoms. The van der Waals surface area contributed by atoms with E-state index < -0.39 is 15.9 Å². The Labute approximate surface area is 186 Å². The van der Waals surface area contributed by atoms with Gasteiger partial charge in [0.2, 0.25) is 21.8 Å². The summed E-state index contributed by atoms with van der Waals surface area (Å²) in [4.78, 5) is 28.4. The predicted molar refractivity (Wildman–Crippen MR) is 123 cm³/mol. The minimum absolute atomic E-state index is 0.122. The summed E-state index contributed by atoms with van der Waals surface area (Å²) in [6, 6.07) is 15.3. The molecule has 2 aromatic carbocycles. The number of sulfonamides is 1. The number of nitrogens with one attached hydrogen (secondary N) is 2. The van der Waals surface area contributed by atoms with E-state index in [4.69, 9.17) is 0 Å². The smallest absolute Gasteiger partial charge is 0.243 e. The van der Waals surface area contributed by atoms with Gasteiger partial charge in [-0.15, -0.1) is 0 Å². The lowest BCUT2D eigenvalue weighted by molar-refractivity contribution is -0.121. The fourth-order valence-corrected chi connectivity index (χ4v) is 5.36. The van der Waals surface area contributed by atoms with E-state index in [1.54, 1.807) is 24.4 Å². The van der Waals surface area contributed by atoms with Gasteiger partial charge < -0.3 is 10.6 Å². The van der Waals surface area contributed by atoms with Gasteiger partial charge in [-0.05, 0) is 61.4 Å². The highest BCUT2D eigenvalue weighted by atomic mass is 32.2. The van der Waals surface area contributed by atoms with Crippen molar-refractivity contribution in [3.8, 4) is 0 Å². The Hall–Kier alpha value is -3.30. The van der Waals surface area contributed by atoms with Crippen molar-refractivity contribution in [3.05, 3.63) is 60.8 Å². The van der Waals surface area contributed by atoms with Gasteiger partial charge in [-0.25, -0.2) is 8.42 Å². The van der Waals surface area contributed by atoms with Gasteiger partial charge in [-0.1, -0.05) is 6.07 Å². The summed E-state index contributed by atoms with van der Waals surface area (Å²) < 4.78 is 27.5. The molecular weight excluding hydrogens is 428 g/mol. The van der Waals surface area contributed by atoms with Crippen LogP contribution in [0, 0.1) is 5.92 Å². The third-order valence-electron chi connectivity index (χ3n) is 5.44. The van der Waals surface area contributed by atoms with E-state index in [-0.39, 0.29) is 23.3 Å². The van der Waals surface area contributed by atoms with Crippen molar-refractivity contribution in [2.75, 3.05) is 23.7 Å². The number of hydrogen-bond donors (Lipinski definition) is 2. The molecule has 8 nitrogen and oxygen atoms in total. The summed E-state index contributed by atoms with van der Waals surface area (Å²) in [6.07, 6.45) is 2.93. The van der Waals surface area contributed by atoms with Crippen LogP contribution in [0.25, 0.3) is 10.9 Å². The zero-order valence-corrected chi connectivity index (χ0v) is 18.4. The maximum absolute atomic E-state index is 13.1. The molecule has 1 unspecified atom stereocenters. The Balaban J connectivity index is 1.45. The van der Waals surface area contributed by atoms with Crippen molar-refractivity contribution in [2.45, 2.75) is 24.7 Å². The number of pyridine rings is 1. The minimum atomic E-state index is -3.74. The molecule has 3 aromatic rings. The Kier molecular flexibility index (Phi) is 6.20. The van der Waals surface area contributed by atoms with E-state index in [1.807, 2.05) is 24.3 Å². The van der Waals surface area contributed by atoms with Crippen LogP contribution in [0.3, 0.4) is 0 Å². The zero-order valence-electron chi connectivity index (χ0n) is 17.6. The maximum Gasteiger partial charge on any atom is 0.243 e. The molecule has 0 bridgehead atoms. The highest BCUT2D eigenvalue weighted by molar-refractivity contribution is 7.89. The molecule has 1 aliphatic rings. The van der Waals surface area contributed by atoms with Crippen molar-refractivity contribution in [1.29, 1.82) is 0 Å². The molecule has 1 aromatic heterocycles. The number of rotatable bonds is 5. The Morgan fingerprint density at radius 1 is 1.03 bits per heavy atom. The molecule has 1 fully saturated rings. The monoisotopic (exact) mass is 452 g/mol. The van der Waals surface area contributed by atoms with Crippen molar-refractivity contribution in [1.82, 2.24) is 9.29 Å². The summed E-state index contributed by atoms with van der Waals surface area (Å²) >= 11 is 0. The lowest BCUT2D eigenvalue weighted by Crippen LogP contribution is -2.43. The largest absolute Gasteiger partial charge is 0.326 e. The van der Waals surface area contributed by atoms with Crippen LogP contribution in [0.4, 0.5) is 11.4 Å². The van der Waals surface area contributed by atoms with Crippen molar-refractivity contribution in [2.24, 2.45) is 5.92 Å². The molecule has 2 amide bonds. The standard InChI is InChI=1S/C23H24N4O4S/c1-16(28)25-19-6-9-21(10-7-19)32(30,31)27-13-3-5-18(15-27)23(29)26-20-8-11-22-17(14-20)4-2-12-24-22/h2,4,6-12,14,18H,3,5,13,15H2,1H3,(H,25,28)(H,26,29). The number of fused-ring (bicyclic) bond motifs is 1. The Morgan fingerprint density at radius 3 is 2.53 bits per heavy atom. The second kappa shape index (κ2) is 9.05. The lowest BCUT2D eigenvalue weighted by Gasteiger charge is -2.31. The van der Waals surface area contributed by atoms with Crippen LogP contribution in [-0.4, -0.2) is 42.6 Å². The van der Waals surface area contributed by atoms with Crippen LogP contribution in [0.5, 0.6) is 0 Å². The number of amides is 2. The van der Waals surface area contributed by atoms with Gasteiger partial charge in [-0.3, -0.25) is 14.6 Å². The quantitative estimate of drug-likeness (QED) is 0.618. The van der Waals surface area contributed by atoms with Crippen LogP contribution in [0.1, 0.15) is 19.8 Å². The second-order valence-electron chi connectivity index (χ2n) is 7.81. The zero-order chi connectivity index (χ0) is 22.7. The van der Waals surface area contributed by atoms with Crippen LogP contribution in [0.2, 0.25) is 0 Å². The van der Waals surface area contributed by atoms with Crippen molar-refractivity contribution in [3.63, 3.8) is 0 Å². The molecule has 0 radical (unpaired) electrons. The van der Waals surface area contributed by atoms with Gasteiger partial charge in [-0.2, -0.15) is 4.31 Å². The molecular formula is C23H24N4O4S. The first-order valence-corrected chi connectivity index (χ1v) is 11.8. The first-order valence-electron chi connectivity index (χ1n) is 10.4. The Morgan fingerprint density at radius 2 is 1.78 bits per heavy atom. The number of hydrogen-bond acceptors (Lipinski definition) is 5. The van der Waals surface area contributed by atoms with Gasteiger partial charge in [0.25, 0.3) is 0 Å². The number of carbonyl (C=O) groups is 2. The number of nitrogens with zero attached hydrogens (tertiary/aromatic N) is 2. The fraction of sp³-hybridized carbons (Fsp3) is 0.261. The molecule has 2 N–H and O–H groups in total. The first kappa shape index (κ1) is 21.9. The predicted octanol–water partition coefficient (Wildman–Crippen LogP) is 3.23. The summed E-state index contributed by atoms with van der Waals surface area (Å²) in [7, 11) is -3.74. The maximum atomic E-state index is 13.1. The highest BCUT2D eigenvalue weighted by Crippen LogP contribution is 2.26. The van der Waals surface area contributed by atoms with Crippen LogP contribution in [-0.2, 0) is 19.6 Å². The van der Waals surface area contributed by atoms with E-state index in [9.17, 15) is 18.0 Å². The molecule has 2 heterocycles. The summed E-state index contributed by atoms with van der Waals surface area (Å²) in [6.45, 7) is 1.87. The fourth-order valence-electron chi connectivity index (χ4n) is 3.83. The third-order valence-corrected chi connectivity index (χ3v) is 7.32. The van der Waals surface area contributed by atoms with Gasteiger partial charge in [0.05, 0.1) is 16.3 Å². The topological polar surface area (TPSA) is 108 Å². The molecule has 1 atom stereocenters. The summed E-state index contributed by atoms with van der Waals surface area (Å²) in [5.41, 5.74) is 2.02. The summed E-state index contributed by atoms with van der Waals surface area (Å²) in [5, 5.41) is 6.45. The second-order valence-corrected chi connectivity index (χ2v) is 9.75. The number of anilines is 2. The van der Waals surface area contributed by atoms with Gasteiger partial charge in [0, 0.05) is 43.0 Å². The number of aromatic nitrogens is 1. The molecule has 0 spiro atoms. The molecule has 1 saturated heterocycles. The number of carbonyl (C=O) groups excluding carboxylic acids is 2. The average Bonchev–Trinajstić information content (AvgIpc) is 2.79. The molecule has 1 aliphatic heterocycles. The lowest BCUT2D eigenvalue weighted by atomic mass is 9.98. The van der Waals surface area contributed by atoms with Gasteiger partial charge in [0.1, 0.15) is 0 Å². The van der Waals surface area contributed by atoms with Crippen molar-refractivity contribution >= 4 is 44.1 Å².